The highest BCUT2D eigenvalue weighted by molar-refractivity contribution is 14.1. The first-order valence-electron chi connectivity index (χ1n) is 8.48. The molecule has 1 saturated heterocycles. The second-order valence-corrected chi connectivity index (χ2v) is 7.96. The molecule has 0 bridgehead atoms. The van der Waals surface area contributed by atoms with Crippen LogP contribution in [0.2, 0.25) is 5.28 Å². The van der Waals surface area contributed by atoms with Crippen LogP contribution in [0.1, 0.15) is 11.8 Å². The highest BCUT2D eigenvalue weighted by Gasteiger charge is 2.44. The van der Waals surface area contributed by atoms with Gasteiger partial charge in [0.15, 0.2) is 23.2 Å². The predicted molar refractivity (Wildman–Crippen MR) is 110 cm³/mol. The average Bonchev–Trinajstić information content (AvgIpc) is 3.21. The summed E-state index contributed by atoms with van der Waals surface area (Å²) in [4.78, 5) is 12.7. The fourth-order valence-corrected chi connectivity index (χ4v) is 3.91. The van der Waals surface area contributed by atoms with E-state index in [4.69, 9.17) is 16.3 Å². The molecule has 1 aromatic carbocycles. The van der Waals surface area contributed by atoms with Gasteiger partial charge in [0, 0.05) is 10.1 Å². The fourth-order valence-electron chi connectivity index (χ4n) is 3.14. The van der Waals surface area contributed by atoms with Crippen molar-refractivity contribution in [2.24, 2.45) is 0 Å². The van der Waals surface area contributed by atoms with Gasteiger partial charge in [0.1, 0.15) is 18.3 Å². The number of hydrogen-bond acceptors (Lipinski definition) is 8. The summed E-state index contributed by atoms with van der Waals surface area (Å²) < 4.78 is 8.15. The Labute approximate surface area is 178 Å². The standard InChI is InChI=1S/C17H17ClIN5O4/c18-17-22-14(20-5-8-2-1-3-9(19)4-8)11-15(23-17)24(7-21-11)16-13(27)12(26)10(6-25)28-16/h1-4,7,10,12-13,16,25-27H,5-6H2,(H,20,22,23)/t10-,12?,13?,16-/m1/s1. The molecule has 2 unspecified atom stereocenters. The zero-order valence-corrected chi connectivity index (χ0v) is 17.3. The number of rotatable bonds is 5. The van der Waals surface area contributed by atoms with Gasteiger partial charge in [-0.1, -0.05) is 12.1 Å². The molecule has 0 amide bonds. The lowest BCUT2D eigenvalue weighted by Crippen LogP contribution is -2.33. The number of halogens is 2. The van der Waals surface area contributed by atoms with Crippen molar-refractivity contribution < 1.29 is 20.1 Å². The molecule has 11 heteroatoms. The van der Waals surface area contributed by atoms with E-state index in [0.717, 1.165) is 9.13 Å². The SMILES string of the molecule is OC[C@H]1O[C@@H](n2cnc3c(NCc4cccc(I)c4)nc(Cl)nc32)C(O)C1O. The van der Waals surface area contributed by atoms with E-state index >= 15 is 0 Å². The van der Waals surface area contributed by atoms with Gasteiger partial charge in [0.2, 0.25) is 5.28 Å². The van der Waals surface area contributed by atoms with Gasteiger partial charge in [-0.2, -0.15) is 9.97 Å². The number of nitrogens with zero attached hydrogens (tertiary/aromatic N) is 4. The molecule has 0 saturated carbocycles. The monoisotopic (exact) mass is 517 g/mol. The topological polar surface area (TPSA) is 126 Å². The molecule has 0 radical (unpaired) electrons. The van der Waals surface area contributed by atoms with Gasteiger partial charge in [0.05, 0.1) is 12.9 Å². The minimum atomic E-state index is -1.24. The zero-order valence-electron chi connectivity index (χ0n) is 14.4. The summed E-state index contributed by atoms with van der Waals surface area (Å²) in [5.41, 5.74) is 1.87. The fraction of sp³-hybridized carbons (Fsp3) is 0.353. The Kier molecular flexibility index (Phi) is 5.67. The number of benzene rings is 1. The van der Waals surface area contributed by atoms with Crippen LogP contribution in [-0.2, 0) is 11.3 Å². The summed E-state index contributed by atoms with van der Waals surface area (Å²) in [5, 5.41) is 32.8. The van der Waals surface area contributed by atoms with Gasteiger partial charge in [-0.05, 0) is 51.9 Å². The predicted octanol–water partition coefficient (Wildman–Crippen LogP) is 1.31. The Hall–Kier alpha value is -1.57. The second-order valence-electron chi connectivity index (χ2n) is 6.38. The molecule has 3 aromatic rings. The smallest absolute Gasteiger partial charge is 0.226 e. The Balaban J connectivity index is 1.65. The third-order valence-corrected chi connectivity index (χ3v) is 5.37. The van der Waals surface area contributed by atoms with Crippen molar-refractivity contribution in [2.75, 3.05) is 11.9 Å². The minimum Gasteiger partial charge on any atom is -0.394 e. The maximum absolute atomic E-state index is 10.3. The van der Waals surface area contributed by atoms with E-state index in [1.54, 1.807) is 0 Å². The summed E-state index contributed by atoms with van der Waals surface area (Å²) >= 11 is 8.34. The van der Waals surface area contributed by atoms with Crippen LogP contribution in [-0.4, -0.2) is 59.8 Å². The molecule has 0 aliphatic carbocycles. The van der Waals surface area contributed by atoms with Gasteiger partial charge >= 0.3 is 0 Å². The van der Waals surface area contributed by atoms with Crippen molar-refractivity contribution in [3.8, 4) is 0 Å². The first-order chi connectivity index (χ1) is 13.5. The third kappa shape index (κ3) is 3.67. The summed E-state index contributed by atoms with van der Waals surface area (Å²) in [6, 6.07) is 8.02. The largest absolute Gasteiger partial charge is 0.394 e. The van der Waals surface area contributed by atoms with Crippen molar-refractivity contribution in [1.82, 2.24) is 19.5 Å². The average molecular weight is 518 g/mol. The Morgan fingerprint density at radius 1 is 1.25 bits per heavy atom. The molecule has 9 nitrogen and oxygen atoms in total. The van der Waals surface area contributed by atoms with Crippen LogP contribution in [0.3, 0.4) is 0 Å². The summed E-state index contributed by atoms with van der Waals surface area (Å²) in [5.74, 6) is 0.444. The number of aromatic nitrogens is 4. The number of aliphatic hydroxyl groups excluding tert-OH is 3. The molecule has 4 N–H and O–H groups in total. The molecule has 2 aromatic heterocycles. The maximum atomic E-state index is 10.3. The quantitative estimate of drug-likeness (QED) is 0.295. The zero-order chi connectivity index (χ0) is 19.8. The summed E-state index contributed by atoms with van der Waals surface area (Å²) in [6.07, 6.45) is -2.87. The van der Waals surface area contributed by atoms with Gasteiger partial charge < -0.3 is 25.4 Å². The molecule has 1 fully saturated rings. The number of fused-ring (bicyclic) bond motifs is 1. The molecular weight excluding hydrogens is 501 g/mol. The van der Waals surface area contributed by atoms with E-state index in [2.05, 4.69) is 42.9 Å². The van der Waals surface area contributed by atoms with Crippen molar-refractivity contribution >= 4 is 51.2 Å². The molecule has 4 rings (SSSR count). The number of anilines is 1. The Bertz CT molecular complexity index is 1000. The molecule has 1 aliphatic heterocycles. The van der Waals surface area contributed by atoms with Crippen LogP contribution in [0.25, 0.3) is 11.2 Å². The highest BCUT2D eigenvalue weighted by atomic mass is 127. The van der Waals surface area contributed by atoms with Crippen LogP contribution in [0.5, 0.6) is 0 Å². The normalized spacial score (nSPS) is 24.8. The van der Waals surface area contributed by atoms with Crippen molar-refractivity contribution in [2.45, 2.75) is 31.1 Å². The molecule has 148 valence electrons. The molecule has 28 heavy (non-hydrogen) atoms. The first-order valence-corrected chi connectivity index (χ1v) is 9.94. The van der Waals surface area contributed by atoms with E-state index in [9.17, 15) is 15.3 Å². The van der Waals surface area contributed by atoms with E-state index in [1.165, 1.54) is 10.9 Å². The number of imidazole rings is 1. The summed E-state index contributed by atoms with van der Waals surface area (Å²) in [7, 11) is 0. The molecule has 1 aliphatic rings. The third-order valence-electron chi connectivity index (χ3n) is 4.53. The number of aliphatic hydroxyl groups is 3. The van der Waals surface area contributed by atoms with E-state index in [0.29, 0.717) is 23.5 Å². The Morgan fingerprint density at radius 2 is 2.07 bits per heavy atom. The maximum Gasteiger partial charge on any atom is 0.226 e. The number of hydrogen-bond donors (Lipinski definition) is 4. The van der Waals surface area contributed by atoms with Gasteiger partial charge in [-0.15, -0.1) is 0 Å². The van der Waals surface area contributed by atoms with Gasteiger partial charge in [-0.3, -0.25) is 4.57 Å². The lowest BCUT2D eigenvalue weighted by molar-refractivity contribution is -0.0511. The van der Waals surface area contributed by atoms with E-state index < -0.39 is 31.1 Å². The second kappa shape index (κ2) is 8.05. The lowest BCUT2D eigenvalue weighted by Gasteiger charge is -2.16. The van der Waals surface area contributed by atoms with Crippen molar-refractivity contribution in [3.63, 3.8) is 0 Å². The van der Waals surface area contributed by atoms with Crippen molar-refractivity contribution in [3.05, 3.63) is 45.0 Å². The summed E-state index contributed by atoms with van der Waals surface area (Å²) in [6.45, 7) is 0.0970. The van der Waals surface area contributed by atoms with Gasteiger partial charge in [0.25, 0.3) is 0 Å². The van der Waals surface area contributed by atoms with Crippen LogP contribution in [0.4, 0.5) is 5.82 Å². The molecule has 3 heterocycles. The lowest BCUT2D eigenvalue weighted by atomic mass is 10.1. The van der Waals surface area contributed by atoms with Crippen LogP contribution < -0.4 is 5.32 Å². The highest BCUT2D eigenvalue weighted by Crippen LogP contribution is 2.32. The molecule has 0 spiro atoms. The number of ether oxygens (including phenoxy) is 1. The van der Waals surface area contributed by atoms with Crippen molar-refractivity contribution in [1.29, 1.82) is 0 Å². The van der Waals surface area contributed by atoms with E-state index in [1.807, 2.05) is 24.3 Å². The minimum absolute atomic E-state index is 0.00568. The van der Waals surface area contributed by atoms with Gasteiger partial charge in [-0.25, -0.2) is 4.98 Å². The van der Waals surface area contributed by atoms with Crippen LogP contribution >= 0.6 is 34.2 Å². The van der Waals surface area contributed by atoms with Crippen LogP contribution in [0.15, 0.2) is 30.6 Å². The number of nitrogens with one attached hydrogen (secondary N) is 1. The molecule has 4 atom stereocenters. The van der Waals surface area contributed by atoms with E-state index in [-0.39, 0.29) is 5.28 Å². The molecular formula is C17H17ClIN5O4. The van der Waals surface area contributed by atoms with Crippen LogP contribution in [0, 0.1) is 3.57 Å². The first kappa shape index (κ1) is 19.7. The Morgan fingerprint density at radius 3 is 2.79 bits per heavy atom.